The van der Waals surface area contributed by atoms with Crippen LogP contribution in [0.5, 0.6) is 0 Å². The third-order valence-corrected chi connectivity index (χ3v) is 4.00. The molecule has 0 bridgehead atoms. The maximum atomic E-state index is 12.1. The lowest BCUT2D eigenvalue weighted by Gasteiger charge is -2.29. The number of nitro groups is 1. The maximum Gasteiger partial charge on any atom is 0.412 e. The molecule has 0 atom stereocenters. The lowest BCUT2D eigenvalue weighted by atomic mass is 10.2. The van der Waals surface area contributed by atoms with E-state index in [0.29, 0.717) is 26.3 Å². The number of carbonyl (C=O) groups is 1. The van der Waals surface area contributed by atoms with Gasteiger partial charge >= 0.3 is 6.09 Å². The minimum absolute atomic E-state index is 0.0869. The van der Waals surface area contributed by atoms with Crippen molar-refractivity contribution in [2.75, 3.05) is 36.5 Å². The van der Waals surface area contributed by atoms with Gasteiger partial charge in [-0.05, 0) is 17.7 Å². The van der Waals surface area contributed by atoms with E-state index in [9.17, 15) is 14.9 Å². The zero-order chi connectivity index (χ0) is 18.4. The number of ether oxygens (including phenoxy) is 2. The van der Waals surface area contributed by atoms with E-state index in [0.717, 1.165) is 11.3 Å². The molecule has 1 aliphatic rings. The summed E-state index contributed by atoms with van der Waals surface area (Å²) in [5.74, 6) is 0. The van der Waals surface area contributed by atoms with Crippen molar-refractivity contribution in [3.8, 4) is 0 Å². The second kappa shape index (κ2) is 8.30. The molecule has 2 aromatic carbocycles. The van der Waals surface area contributed by atoms with Gasteiger partial charge in [0.15, 0.2) is 0 Å². The van der Waals surface area contributed by atoms with Gasteiger partial charge < -0.3 is 14.4 Å². The van der Waals surface area contributed by atoms with Gasteiger partial charge in [-0.25, -0.2) is 4.79 Å². The molecule has 0 radical (unpaired) electrons. The Kier molecular flexibility index (Phi) is 5.65. The Hall–Kier alpha value is -3.13. The summed E-state index contributed by atoms with van der Waals surface area (Å²) in [4.78, 5) is 24.8. The van der Waals surface area contributed by atoms with Crippen molar-refractivity contribution in [3.05, 3.63) is 64.2 Å². The molecule has 3 rings (SSSR count). The Morgan fingerprint density at radius 1 is 1.19 bits per heavy atom. The Bertz CT molecular complexity index is 776. The molecule has 0 aromatic heterocycles. The van der Waals surface area contributed by atoms with Crippen LogP contribution in [0.25, 0.3) is 0 Å². The maximum absolute atomic E-state index is 12.1. The molecular weight excluding hydrogens is 338 g/mol. The predicted octanol–water partition coefficient (Wildman–Crippen LogP) is 3.18. The van der Waals surface area contributed by atoms with Gasteiger partial charge in [0.05, 0.1) is 18.1 Å². The summed E-state index contributed by atoms with van der Waals surface area (Å²) in [5, 5.41) is 13.7. The van der Waals surface area contributed by atoms with Gasteiger partial charge in [0.2, 0.25) is 0 Å². The van der Waals surface area contributed by atoms with Crippen molar-refractivity contribution in [2.45, 2.75) is 6.61 Å². The van der Waals surface area contributed by atoms with E-state index in [4.69, 9.17) is 9.47 Å². The number of nitro benzene ring substituents is 1. The SMILES string of the molecule is O=C(Nc1cc(N2CCOCC2)ccc1[N+](=O)[O-])OCc1ccccc1. The van der Waals surface area contributed by atoms with Gasteiger partial charge in [0.25, 0.3) is 5.69 Å². The lowest BCUT2D eigenvalue weighted by molar-refractivity contribution is -0.383. The van der Waals surface area contributed by atoms with Crippen LogP contribution in [0.15, 0.2) is 48.5 Å². The van der Waals surface area contributed by atoms with Gasteiger partial charge in [0.1, 0.15) is 12.3 Å². The predicted molar refractivity (Wildman–Crippen MR) is 96.4 cm³/mol. The Morgan fingerprint density at radius 2 is 1.92 bits per heavy atom. The number of hydrogen-bond donors (Lipinski definition) is 1. The molecule has 0 spiro atoms. The van der Waals surface area contributed by atoms with Gasteiger partial charge in [-0.1, -0.05) is 30.3 Å². The molecule has 2 aromatic rings. The van der Waals surface area contributed by atoms with E-state index in [1.54, 1.807) is 12.1 Å². The van der Waals surface area contributed by atoms with Gasteiger partial charge in [-0.15, -0.1) is 0 Å². The number of nitrogens with one attached hydrogen (secondary N) is 1. The molecule has 1 saturated heterocycles. The van der Waals surface area contributed by atoms with Crippen LogP contribution >= 0.6 is 0 Å². The lowest BCUT2D eigenvalue weighted by Crippen LogP contribution is -2.36. The molecule has 136 valence electrons. The average Bonchev–Trinajstić information content (AvgIpc) is 2.67. The largest absolute Gasteiger partial charge is 0.444 e. The van der Waals surface area contributed by atoms with Gasteiger partial charge in [0, 0.05) is 24.8 Å². The first-order valence-electron chi connectivity index (χ1n) is 8.22. The summed E-state index contributed by atoms with van der Waals surface area (Å²) in [7, 11) is 0. The normalized spacial score (nSPS) is 13.9. The van der Waals surface area contributed by atoms with E-state index >= 15 is 0 Å². The zero-order valence-corrected chi connectivity index (χ0v) is 14.1. The molecule has 0 aliphatic carbocycles. The molecule has 26 heavy (non-hydrogen) atoms. The molecule has 1 N–H and O–H groups in total. The molecule has 0 unspecified atom stereocenters. The van der Waals surface area contributed by atoms with Crippen LogP contribution in [0.3, 0.4) is 0 Å². The van der Waals surface area contributed by atoms with Crippen LogP contribution in [-0.4, -0.2) is 37.3 Å². The summed E-state index contributed by atoms with van der Waals surface area (Å²) in [5.41, 5.74) is 1.55. The fourth-order valence-electron chi connectivity index (χ4n) is 2.67. The Morgan fingerprint density at radius 3 is 2.62 bits per heavy atom. The molecule has 1 heterocycles. The van der Waals surface area contributed by atoms with Crippen molar-refractivity contribution >= 4 is 23.2 Å². The molecule has 1 fully saturated rings. The standard InChI is InChI=1S/C18H19N3O5/c22-18(26-13-14-4-2-1-3-5-14)19-16-12-15(6-7-17(16)21(23)24)20-8-10-25-11-9-20/h1-7,12H,8-11,13H2,(H,19,22). The monoisotopic (exact) mass is 357 g/mol. The number of benzene rings is 2. The number of hydrogen-bond acceptors (Lipinski definition) is 6. The molecule has 1 amide bonds. The van der Waals surface area contributed by atoms with Gasteiger partial charge in [-0.2, -0.15) is 0 Å². The molecule has 0 saturated carbocycles. The highest BCUT2D eigenvalue weighted by Gasteiger charge is 2.20. The minimum atomic E-state index is -0.740. The second-order valence-electron chi connectivity index (χ2n) is 5.74. The summed E-state index contributed by atoms with van der Waals surface area (Å²) in [6.07, 6.45) is -0.740. The van der Waals surface area contributed by atoms with Crippen LogP contribution in [0.4, 0.5) is 21.9 Å². The first kappa shape index (κ1) is 17.7. The van der Waals surface area contributed by atoms with E-state index in [2.05, 4.69) is 5.32 Å². The van der Waals surface area contributed by atoms with E-state index in [1.807, 2.05) is 35.2 Å². The van der Waals surface area contributed by atoms with E-state index in [-0.39, 0.29) is 18.0 Å². The molecular formula is C18H19N3O5. The number of amides is 1. The first-order valence-corrected chi connectivity index (χ1v) is 8.22. The molecule has 1 aliphatic heterocycles. The van der Waals surface area contributed by atoms with Crippen LogP contribution < -0.4 is 10.2 Å². The highest BCUT2D eigenvalue weighted by Crippen LogP contribution is 2.30. The van der Waals surface area contributed by atoms with E-state index < -0.39 is 11.0 Å². The Balaban J connectivity index is 1.71. The summed E-state index contributed by atoms with van der Waals surface area (Å²) >= 11 is 0. The average molecular weight is 357 g/mol. The zero-order valence-electron chi connectivity index (χ0n) is 14.1. The smallest absolute Gasteiger partial charge is 0.412 e. The number of nitrogens with zero attached hydrogens (tertiary/aromatic N) is 2. The van der Waals surface area contributed by atoms with Crippen LogP contribution in [0.1, 0.15) is 5.56 Å². The molecule has 8 heteroatoms. The fourth-order valence-corrected chi connectivity index (χ4v) is 2.67. The van der Waals surface area contributed by atoms with E-state index in [1.165, 1.54) is 6.07 Å². The summed E-state index contributed by atoms with van der Waals surface area (Å²) in [6.45, 7) is 2.66. The fraction of sp³-hybridized carbons (Fsp3) is 0.278. The Labute approximate surface area is 150 Å². The minimum Gasteiger partial charge on any atom is -0.444 e. The third-order valence-electron chi connectivity index (χ3n) is 4.00. The van der Waals surface area contributed by atoms with Crippen molar-refractivity contribution in [2.24, 2.45) is 0 Å². The molecule has 8 nitrogen and oxygen atoms in total. The summed E-state index contributed by atoms with van der Waals surface area (Å²) < 4.78 is 10.5. The van der Waals surface area contributed by atoms with Crippen LogP contribution in [0.2, 0.25) is 0 Å². The number of anilines is 2. The van der Waals surface area contributed by atoms with Crippen molar-refractivity contribution < 1.29 is 19.2 Å². The number of morpholine rings is 1. The second-order valence-corrected chi connectivity index (χ2v) is 5.74. The number of rotatable bonds is 5. The summed E-state index contributed by atoms with van der Waals surface area (Å²) in [6, 6.07) is 13.9. The quantitative estimate of drug-likeness (QED) is 0.652. The first-order chi connectivity index (χ1) is 12.6. The third kappa shape index (κ3) is 4.48. The highest BCUT2D eigenvalue weighted by molar-refractivity contribution is 5.89. The van der Waals surface area contributed by atoms with Crippen molar-refractivity contribution in [3.63, 3.8) is 0 Å². The van der Waals surface area contributed by atoms with Crippen LogP contribution in [-0.2, 0) is 16.1 Å². The number of carbonyl (C=O) groups excluding carboxylic acids is 1. The highest BCUT2D eigenvalue weighted by atomic mass is 16.6. The topological polar surface area (TPSA) is 93.9 Å². The van der Waals surface area contributed by atoms with Crippen molar-refractivity contribution in [1.82, 2.24) is 0 Å². The van der Waals surface area contributed by atoms with Crippen LogP contribution in [0, 0.1) is 10.1 Å². The van der Waals surface area contributed by atoms with Gasteiger partial charge in [-0.3, -0.25) is 15.4 Å². The van der Waals surface area contributed by atoms with Crippen molar-refractivity contribution in [1.29, 1.82) is 0 Å².